The average Bonchev–Trinajstić information content (AvgIpc) is 2.99. The fraction of sp³-hybridized carbons (Fsp3) is 0.0667. The van der Waals surface area contributed by atoms with Crippen molar-refractivity contribution in [1.82, 2.24) is 13.9 Å². The van der Waals surface area contributed by atoms with Gasteiger partial charge in [0.05, 0.1) is 11.9 Å². The minimum atomic E-state index is -1.28. The van der Waals surface area contributed by atoms with Gasteiger partial charge in [-0.05, 0) is 18.2 Å². The Balaban J connectivity index is 2.15. The van der Waals surface area contributed by atoms with E-state index in [1.54, 1.807) is 7.05 Å². The first kappa shape index (κ1) is 16.8. The van der Waals surface area contributed by atoms with Gasteiger partial charge in [0.2, 0.25) is 0 Å². The Morgan fingerprint density at radius 2 is 2.16 bits per heavy atom. The minimum absolute atomic E-state index is 0.0342. The monoisotopic (exact) mass is 363 g/mol. The molecule has 3 aromatic rings. The molecule has 7 nitrogen and oxygen atoms in total. The van der Waals surface area contributed by atoms with Crippen molar-refractivity contribution >= 4 is 40.9 Å². The lowest BCUT2D eigenvalue weighted by molar-refractivity contribution is 0.0699. The number of halogens is 2. The van der Waals surface area contributed by atoms with Gasteiger partial charge in [0.15, 0.2) is 18.0 Å². The van der Waals surface area contributed by atoms with Crippen LogP contribution in [0.2, 0.25) is 0 Å². The van der Waals surface area contributed by atoms with Crippen LogP contribution in [0.3, 0.4) is 0 Å². The molecule has 0 fully saturated rings. The predicted molar refractivity (Wildman–Crippen MR) is 90.5 cm³/mol. The lowest BCUT2D eigenvalue weighted by atomic mass is 10.1. The van der Waals surface area contributed by atoms with Crippen molar-refractivity contribution in [3.63, 3.8) is 0 Å². The second-order valence-electron chi connectivity index (χ2n) is 4.99. The summed E-state index contributed by atoms with van der Waals surface area (Å²) in [6, 6.07) is 3.85. The molecule has 0 saturated carbocycles. The highest BCUT2D eigenvalue weighted by Gasteiger charge is 2.20. The van der Waals surface area contributed by atoms with Crippen molar-refractivity contribution in [3.8, 4) is 0 Å². The second kappa shape index (κ2) is 6.48. The van der Waals surface area contributed by atoms with E-state index in [0.29, 0.717) is 11.3 Å². The number of fused-ring (bicyclic) bond motifs is 1. The first-order valence-corrected chi connectivity index (χ1v) is 7.60. The van der Waals surface area contributed by atoms with Gasteiger partial charge in [0.1, 0.15) is 22.6 Å². The van der Waals surface area contributed by atoms with Gasteiger partial charge in [0.25, 0.3) is 0 Å². The van der Waals surface area contributed by atoms with Crippen LogP contribution in [0.5, 0.6) is 0 Å². The molecule has 10 heteroatoms. The number of aromatic nitrogens is 3. The molecule has 2 aromatic heterocycles. The van der Waals surface area contributed by atoms with Crippen LogP contribution in [0, 0.1) is 11.2 Å². The molecule has 0 aliphatic rings. The molecule has 0 unspecified atom stereocenters. The number of hydrogen-bond acceptors (Lipinski definition) is 6. The zero-order valence-corrected chi connectivity index (χ0v) is 13.6. The first-order chi connectivity index (χ1) is 12.0. The Morgan fingerprint density at radius 3 is 2.80 bits per heavy atom. The Hall–Kier alpha value is -3.01. The third kappa shape index (κ3) is 2.91. The molecule has 2 heterocycles. The molecular formula is C15H11F2N5O2S. The van der Waals surface area contributed by atoms with Crippen LogP contribution < -0.4 is 5.32 Å². The summed E-state index contributed by atoms with van der Waals surface area (Å²) in [5.41, 5.74) is 0.532. The van der Waals surface area contributed by atoms with Crippen LogP contribution >= 0.6 is 12.3 Å². The highest BCUT2D eigenvalue weighted by atomic mass is 32.2. The quantitative estimate of drug-likeness (QED) is 0.602. The zero-order chi connectivity index (χ0) is 18.1. The van der Waals surface area contributed by atoms with Gasteiger partial charge in [0, 0.05) is 24.5 Å². The highest BCUT2D eigenvalue weighted by Crippen LogP contribution is 2.25. The summed E-state index contributed by atoms with van der Waals surface area (Å²) in [7, 11) is 1.58. The molecule has 1 aromatic carbocycles. The molecule has 25 heavy (non-hydrogen) atoms. The topological polar surface area (TPSA) is 104 Å². The maximum atomic E-state index is 13.3. The number of carboxylic acid groups (broad SMARTS) is 1. The second-order valence-corrected chi connectivity index (χ2v) is 5.52. The Kier molecular flexibility index (Phi) is 4.36. The molecule has 0 aliphatic heterocycles. The maximum absolute atomic E-state index is 13.3. The van der Waals surface area contributed by atoms with Gasteiger partial charge in [-0.15, -0.1) is 3.89 Å². The lowest BCUT2D eigenvalue weighted by Crippen LogP contribution is -2.09. The number of carboxylic acids is 1. The van der Waals surface area contributed by atoms with E-state index in [4.69, 9.17) is 5.41 Å². The maximum Gasteiger partial charge on any atom is 0.339 e. The van der Waals surface area contributed by atoms with E-state index in [-0.39, 0.29) is 40.5 Å². The van der Waals surface area contributed by atoms with Gasteiger partial charge >= 0.3 is 5.97 Å². The van der Waals surface area contributed by atoms with Crippen LogP contribution in [0.25, 0.3) is 11.2 Å². The number of carbonyl (C=O) groups is 1. The fourth-order valence-corrected chi connectivity index (χ4v) is 2.72. The molecule has 0 saturated heterocycles. The zero-order valence-electron chi connectivity index (χ0n) is 12.7. The van der Waals surface area contributed by atoms with Crippen LogP contribution in [0.1, 0.15) is 21.6 Å². The third-order valence-corrected chi connectivity index (χ3v) is 3.97. The molecule has 0 aliphatic carbocycles. The smallest absolute Gasteiger partial charge is 0.339 e. The molecular weight excluding hydrogens is 352 g/mol. The Morgan fingerprint density at radius 1 is 1.40 bits per heavy atom. The summed E-state index contributed by atoms with van der Waals surface area (Å²) in [5.74, 6) is -1.75. The molecule has 128 valence electrons. The molecule has 0 atom stereocenters. The van der Waals surface area contributed by atoms with Crippen molar-refractivity contribution in [1.29, 1.82) is 5.41 Å². The third-order valence-electron chi connectivity index (χ3n) is 3.54. The van der Waals surface area contributed by atoms with E-state index in [1.807, 2.05) is 0 Å². The van der Waals surface area contributed by atoms with E-state index >= 15 is 0 Å². The lowest BCUT2D eigenvalue weighted by Gasteiger charge is -2.10. The number of nitrogens with zero attached hydrogens (tertiary/aromatic N) is 3. The van der Waals surface area contributed by atoms with Crippen molar-refractivity contribution in [3.05, 3.63) is 53.2 Å². The molecule has 3 rings (SSSR count). The first-order valence-electron chi connectivity index (χ1n) is 6.93. The minimum Gasteiger partial charge on any atom is -0.478 e. The normalized spacial score (nSPS) is 10.8. The number of benzene rings is 1. The van der Waals surface area contributed by atoms with Crippen LogP contribution in [0.4, 0.5) is 14.0 Å². The van der Waals surface area contributed by atoms with Gasteiger partial charge in [-0.25, -0.2) is 23.1 Å². The van der Waals surface area contributed by atoms with E-state index in [1.165, 1.54) is 24.4 Å². The largest absolute Gasteiger partial charge is 0.478 e. The summed E-state index contributed by atoms with van der Waals surface area (Å²) in [4.78, 5) is 19.5. The summed E-state index contributed by atoms with van der Waals surface area (Å²) < 4.78 is 27.2. The standard InChI is InChI=1S/C15H11F2N5O2S/c1-19-10-4-7(16)2-3-8(10)12(18)11-5-20-14-13(21-11)9(15(23)24)6-22(14)25-17/h2-6,18-19H,1H3,(H,23,24). The highest BCUT2D eigenvalue weighted by molar-refractivity contribution is 7.92. The fourth-order valence-electron chi connectivity index (χ4n) is 2.37. The summed E-state index contributed by atoms with van der Waals surface area (Å²) in [6.45, 7) is 0. The summed E-state index contributed by atoms with van der Waals surface area (Å²) in [6.07, 6.45) is 2.31. The van der Waals surface area contributed by atoms with Crippen LogP contribution in [0.15, 0.2) is 30.6 Å². The van der Waals surface area contributed by atoms with Crippen LogP contribution in [-0.2, 0) is 0 Å². The van der Waals surface area contributed by atoms with E-state index in [0.717, 1.165) is 10.2 Å². The van der Waals surface area contributed by atoms with E-state index in [9.17, 15) is 18.2 Å². The van der Waals surface area contributed by atoms with Crippen molar-refractivity contribution < 1.29 is 18.2 Å². The van der Waals surface area contributed by atoms with E-state index < -0.39 is 11.8 Å². The van der Waals surface area contributed by atoms with Gasteiger partial charge in [-0.1, -0.05) is 0 Å². The molecule has 0 radical (unpaired) electrons. The Labute approximate surface area is 144 Å². The van der Waals surface area contributed by atoms with Crippen molar-refractivity contribution in [2.45, 2.75) is 0 Å². The number of nitrogens with one attached hydrogen (secondary N) is 2. The number of rotatable bonds is 5. The molecule has 0 spiro atoms. The van der Waals surface area contributed by atoms with E-state index in [2.05, 4.69) is 15.3 Å². The predicted octanol–water partition coefficient (Wildman–Crippen LogP) is 3.11. The summed E-state index contributed by atoms with van der Waals surface area (Å²) in [5, 5.41) is 20.3. The van der Waals surface area contributed by atoms with Crippen LogP contribution in [-0.4, -0.2) is 37.8 Å². The average molecular weight is 363 g/mol. The molecule has 0 amide bonds. The number of anilines is 1. The SMILES string of the molecule is CNc1cc(F)ccc1C(=N)c1cnc2c(n1)c(C(=O)O)cn2SF. The van der Waals surface area contributed by atoms with Gasteiger partial charge < -0.3 is 10.4 Å². The molecule has 3 N–H and O–H groups in total. The Bertz CT molecular complexity index is 1000. The van der Waals surface area contributed by atoms with Crippen molar-refractivity contribution in [2.24, 2.45) is 0 Å². The summed E-state index contributed by atoms with van der Waals surface area (Å²) >= 11 is -0.200. The number of aromatic carboxylic acids is 1. The van der Waals surface area contributed by atoms with Crippen molar-refractivity contribution in [2.75, 3.05) is 12.4 Å². The molecule has 0 bridgehead atoms. The van der Waals surface area contributed by atoms with Gasteiger partial charge in [-0.2, -0.15) is 0 Å². The van der Waals surface area contributed by atoms with Gasteiger partial charge in [-0.3, -0.25) is 5.41 Å². The number of hydrogen-bond donors (Lipinski definition) is 3.